The van der Waals surface area contributed by atoms with E-state index in [0.717, 1.165) is 17.0 Å². The van der Waals surface area contributed by atoms with Gasteiger partial charge < -0.3 is 10.0 Å². The summed E-state index contributed by atoms with van der Waals surface area (Å²) in [6.45, 7) is 2.82. The second-order valence-electron chi connectivity index (χ2n) is 5.85. The third-order valence-corrected chi connectivity index (χ3v) is 4.17. The monoisotopic (exact) mass is 297 g/mol. The fourth-order valence-electron chi connectivity index (χ4n) is 2.32. The summed E-state index contributed by atoms with van der Waals surface area (Å²) in [5.41, 5.74) is -1.45. The number of benzene rings is 1. The first-order valence-corrected chi connectivity index (χ1v) is 6.63. The van der Waals surface area contributed by atoms with Crippen LogP contribution in [0.2, 0.25) is 0 Å². The lowest BCUT2D eigenvalue weighted by atomic mass is 10.0. The molecular formula is C15H17F2NO3. The molecule has 6 heteroatoms. The van der Waals surface area contributed by atoms with Gasteiger partial charge in [-0.3, -0.25) is 4.79 Å². The average molecular weight is 297 g/mol. The van der Waals surface area contributed by atoms with Crippen LogP contribution in [0, 0.1) is 17.6 Å². The van der Waals surface area contributed by atoms with Gasteiger partial charge >= 0.3 is 5.97 Å². The van der Waals surface area contributed by atoms with Gasteiger partial charge in [-0.2, -0.15) is 0 Å². The number of nitrogens with zero attached hydrogens (tertiary/aromatic N) is 1. The van der Waals surface area contributed by atoms with E-state index in [1.165, 1.54) is 27.0 Å². The maximum atomic E-state index is 13.7. The van der Waals surface area contributed by atoms with E-state index >= 15 is 0 Å². The van der Waals surface area contributed by atoms with Crippen LogP contribution in [0.5, 0.6) is 0 Å². The molecule has 2 atom stereocenters. The number of aliphatic carboxylic acids is 1. The molecule has 1 aliphatic rings. The van der Waals surface area contributed by atoms with E-state index in [1.807, 2.05) is 0 Å². The van der Waals surface area contributed by atoms with E-state index in [9.17, 15) is 18.4 Å². The number of carboxylic acid groups (broad SMARTS) is 1. The minimum absolute atomic E-state index is 0.0858. The van der Waals surface area contributed by atoms with Crippen LogP contribution in [0.25, 0.3) is 0 Å². The molecule has 114 valence electrons. The van der Waals surface area contributed by atoms with Gasteiger partial charge in [-0.25, -0.2) is 13.6 Å². The first kappa shape index (κ1) is 15.4. The number of rotatable bonds is 4. The van der Waals surface area contributed by atoms with Crippen molar-refractivity contribution in [3.8, 4) is 0 Å². The summed E-state index contributed by atoms with van der Waals surface area (Å²) in [5, 5.41) is 9.12. The van der Waals surface area contributed by atoms with Crippen molar-refractivity contribution in [3.63, 3.8) is 0 Å². The fraction of sp³-hybridized carbons (Fsp3) is 0.467. The Morgan fingerprint density at radius 3 is 2.29 bits per heavy atom. The van der Waals surface area contributed by atoms with Gasteiger partial charge in [0.1, 0.15) is 17.2 Å². The summed E-state index contributed by atoms with van der Waals surface area (Å²) >= 11 is 0. The summed E-state index contributed by atoms with van der Waals surface area (Å²) in [4.78, 5) is 24.6. The number of carbonyl (C=O) groups is 2. The van der Waals surface area contributed by atoms with Gasteiger partial charge in [-0.05, 0) is 32.4 Å². The van der Waals surface area contributed by atoms with Gasteiger partial charge in [0.15, 0.2) is 0 Å². The number of likely N-dealkylation sites (N-methyl/N-ethyl adjacent to an activating group) is 1. The lowest BCUT2D eigenvalue weighted by molar-refractivity contribution is -0.155. The quantitative estimate of drug-likeness (QED) is 0.928. The van der Waals surface area contributed by atoms with E-state index in [0.29, 0.717) is 6.42 Å². The lowest BCUT2D eigenvalue weighted by Gasteiger charge is -2.31. The Morgan fingerprint density at radius 2 is 1.81 bits per heavy atom. The highest BCUT2D eigenvalue weighted by Crippen LogP contribution is 2.50. The molecule has 0 heterocycles. The number of hydrogen-bond donors (Lipinski definition) is 1. The van der Waals surface area contributed by atoms with Crippen LogP contribution in [0.3, 0.4) is 0 Å². The summed E-state index contributed by atoms with van der Waals surface area (Å²) in [6.07, 6.45) is 0.330. The molecule has 0 aromatic heterocycles. The highest BCUT2D eigenvalue weighted by Gasteiger charge is 2.50. The number of carbonyl (C=O) groups excluding carboxylic acids is 1. The summed E-state index contributed by atoms with van der Waals surface area (Å²) < 4.78 is 27.4. The van der Waals surface area contributed by atoms with Gasteiger partial charge in [-0.15, -0.1) is 0 Å². The topological polar surface area (TPSA) is 57.6 Å². The van der Waals surface area contributed by atoms with Crippen LogP contribution < -0.4 is 0 Å². The zero-order valence-electron chi connectivity index (χ0n) is 12.1. The molecule has 0 saturated heterocycles. The van der Waals surface area contributed by atoms with Crippen LogP contribution in [0.4, 0.5) is 8.78 Å². The number of hydrogen-bond acceptors (Lipinski definition) is 2. The van der Waals surface area contributed by atoms with Gasteiger partial charge in [0, 0.05) is 24.4 Å². The molecule has 21 heavy (non-hydrogen) atoms. The Bertz CT molecular complexity index is 580. The first-order chi connectivity index (χ1) is 9.67. The molecule has 1 amide bonds. The standard InChI is InChI=1S/C15H17F2NO3/c1-15(2,14(20)21)18(3)13(19)9-7-8(9)12-10(16)5-4-6-11(12)17/h4-6,8-9H,7H2,1-3H3,(H,20,21). The van der Waals surface area contributed by atoms with Crippen LogP contribution >= 0.6 is 0 Å². The predicted molar refractivity (Wildman–Crippen MR) is 71.7 cm³/mol. The molecule has 1 aromatic carbocycles. The maximum absolute atomic E-state index is 13.7. The second kappa shape index (κ2) is 5.09. The fourth-order valence-corrected chi connectivity index (χ4v) is 2.32. The highest BCUT2D eigenvalue weighted by atomic mass is 19.1. The first-order valence-electron chi connectivity index (χ1n) is 6.63. The molecule has 0 spiro atoms. The maximum Gasteiger partial charge on any atom is 0.329 e. The van der Waals surface area contributed by atoms with Crippen molar-refractivity contribution in [3.05, 3.63) is 35.4 Å². The van der Waals surface area contributed by atoms with Gasteiger partial charge in [-0.1, -0.05) is 6.07 Å². The Labute approximate surface area is 121 Å². The zero-order chi connectivity index (χ0) is 15.9. The molecule has 1 aromatic rings. The largest absolute Gasteiger partial charge is 0.480 e. The summed E-state index contributed by atoms with van der Waals surface area (Å²) in [5.74, 6) is -3.97. The highest BCUT2D eigenvalue weighted by molar-refractivity contribution is 5.89. The molecule has 0 bridgehead atoms. The number of carboxylic acids is 1. The van der Waals surface area contributed by atoms with Crippen LogP contribution in [-0.4, -0.2) is 34.5 Å². The second-order valence-corrected chi connectivity index (χ2v) is 5.85. The third-order valence-electron chi connectivity index (χ3n) is 4.17. The van der Waals surface area contributed by atoms with Gasteiger partial charge in [0.05, 0.1) is 0 Å². The van der Waals surface area contributed by atoms with Crippen molar-refractivity contribution in [2.24, 2.45) is 5.92 Å². The predicted octanol–water partition coefficient (Wildman–Crippen LogP) is 2.39. The van der Waals surface area contributed by atoms with Gasteiger partial charge in [0.25, 0.3) is 0 Å². The molecule has 2 unspecified atom stereocenters. The average Bonchev–Trinajstić information content (AvgIpc) is 3.16. The molecular weight excluding hydrogens is 280 g/mol. The van der Waals surface area contributed by atoms with Crippen molar-refractivity contribution in [1.82, 2.24) is 4.90 Å². The molecule has 0 aliphatic heterocycles. The zero-order valence-corrected chi connectivity index (χ0v) is 12.1. The van der Waals surface area contributed by atoms with Crippen LogP contribution in [-0.2, 0) is 9.59 Å². The van der Waals surface area contributed by atoms with Crippen molar-refractivity contribution in [2.45, 2.75) is 31.7 Å². The Hall–Kier alpha value is -1.98. The number of amides is 1. The molecule has 1 saturated carbocycles. The Balaban J connectivity index is 2.17. The van der Waals surface area contributed by atoms with Crippen molar-refractivity contribution in [1.29, 1.82) is 0 Å². The number of halogens is 2. The van der Waals surface area contributed by atoms with E-state index < -0.39 is 40.9 Å². The van der Waals surface area contributed by atoms with Crippen molar-refractivity contribution < 1.29 is 23.5 Å². The minimum Gasteiger partial charge on any atom is -0.480 e. The lowest BCUT2D eigenvalue weighted by Crippen LogP contribution is -2.51. The Morgan fingerprint density at radius 1 is 1.29 bits per heavy atom. The van der Waals surface area contributed by atoms with E-state index in [1.54, 1.807) is 0 Å². The van der Waals surface area contributed by atoms with Crippen molar-refractivity contribution >= 4 is 11.9 Å². The van der Waals surface area contributed by atoms with E-state index in [2.05, 4.69) is 0 Å². The van der Waals surface area contributed by atoms with Crippen molar-refractivity contribution in [2.75, 3.05) is 7.05 Å². The normalized spacial score (nSPS) is 21.0. The van der Waals surface area contributed by atoms with Crippen LogP contribution in [0.15, 0.2) is 18.2 Å². The molecule has 1 N–H and O–H groups in total. The minimum atomic E-state index is -1.36. The summed E-state index contributed by atoms with van der Waals surface area (Å²) in [7, 11) is 1.39. The molecule has 2 rings (SSSR count). The van der Waals surface area contributed by atoms with Crippen LogP contribution in [0.1, 0.15) is 31.7 Å². The Kier molecular flexibility index (Phi) is 3.74. The molecule has 1 fully saturated rings. The molecule has 0 radical (unpaired) electrons. The molecule has 1 aliphatic carbocycles. The SMILES string of the molecule is CN(C(=O)C1CC1c1c(F)cccc1F)C(C)(C)C(=O)O. The van der Waals surface area contributed by atoms with Gasteiger partial charge in [0.2, 0.25) is 5.91 Å². The molecule has 4 nitrogen and oxygen atoms in total. The smallest absolute Gasteiger partial charge is 0.329 e. The summed E-state index contributed by atoms with van der Waals surface area (Å²) in [6, 6.07) is 3.58. The van der Waals surface area contributed by atoms with E-state index in [4.69, 9.17) is 5.11 Å². The third kappa shape index (κ3) is 2.62. The van der Waals surface area contributed by atoms with E-state index in [-0.39, 0.29) is 5.56 Å².